The van der Waals surface area contributed by atoms with Gasteiger partial charge in [-0.15, -0.1) is 11.3 Å². The minimum absolute atomic E-state index is 0.775. The summed E-state index contributed by atoms with van der Waals surface area (Å²) in [5.41, 5.74) is 3.44. The SMILES string of the molecule is Cc1csc(CNc2ccc(Cn3cccn3)cc2)n1. The molecule has 0 aliphatic carbocycles. The number of benzene rings is 1. The van der Waals surface area contributed by atoms with Crippen LogP contribution in [-0.2, 0) is 13.1 Å². The highest BCUT2D eigenvalue weighted by Gasteiger charge is 1.99. The Kier molecular flexibility index (Phi) is 3.78. The summed E-state index contributed by atoms with van der Waals surface area (Å²) in [5, 5.41) is 10.8. The van der Waals surface area contributed by atoms with Gasteiger partial charge in [-0.1, -0.05) is 12.1 Å². The van der Waals surface area contributed by atoms with Crippen LogP contribution in [0.25, 0.3) is 0 Å². The average molecular weight is 284 g/mol. The fourth-order valence-electron chi connectivity index (χ4n) is 1.97. The second-order valence-electron chi connectivity index (χ2n) is 4.64. The number of thiazole rings is 1. The molecule has 3 rings (SSSR count). The van der Waals surface area contributed by atoms with E-state index in [1.54, 1.807) is 17.5 Å². The molecule has 0 amide bonds. The van der Waals surface area contributed by atoms with Crippen LogP contribution in [0.2, 0.25) is 0 Å². The molecule has 0 saturated heterocycles. The molecule has 0 aliphatic heterocycles. The summed E-state index contributed by atoms with van der Waals surface area (Å²) in [6, 6.07) is 10.4. The second kappa shape index (κ2) is 5.88. The highest BCUT2D eigenvalue weighted by molar-refractivity contribution is 7.09. The van der Waals surface area contributed by atoms with E-state index in [9.17, 15) is 0 Å². The Morgan fingerprint density at radius 1 is 1.25 bits per heavy atom. The topological polar surface area (TPSA) is 42.7 Å². The zero-order valence-electron chi connectivity index (χ0n) is 11.3. The van der Waals surface area contributed by atoms with E-state index < -0.39 is 0 Å². The molecule has 2 aromatic heterocycles. The van der Waals surface area contributed by atoms with Gasteiger partial charge in [-0.3, -0.25) is 4.68 Å². The van der Waals surface area contributed by atoms with Gasteiger partial charge in [0.05, 0.1) is 13.1 Å². The molecule has 0 atom stereocenters. The third-order valence-electron chi connectivity index (χ3n) is 2.97. The molecular weight excluding hydrogens is 268 g/mol. The summed E-state index contributed by atoms with van der Waals surface area (Å²) >= 11 is 1.69. The number of nitrogens with zero attached hydrogens (tertiary/aromatic N) is 3. The van der Waals surface area contributed by atoms with Gasteiger partial charge in [-0.2, -0.15) is 5.10 Å². The summed E-state index contributed by atoms with van der Waals surface area (Å²) < 4.78 is 1.92. The summed E-state index contributed by atoms with van der Waals surface area (Å²) in [5.74, 6) is 0. The van der Waals surface area contributed by atoms with Crippen LogP contribution in [0.1, 0.15) is 16.3 Å². The van der Waals surface area contributed by atoms with Gasteiger partial charge in [0.2, 0.25) is 0 Å². The zero-order valence-corrected chi connectivity index (χ0v) is 12.1. The third-order valence-corrected chi connectivity index (χ3v) is 3.93. The predicted molar refractivity (Wildman–Crippen MR) is 81.9 cm³/mol. The van der Waals surface area contributed by atoms with Crippen LogP contribution >= 0.6 is 11.3 Å². The first-order valence-electron chi connectivity index (χ1n) is 6.51. The number of aromatic nitrogens is 3. The number of anilines is 1. The largest absolute Gasteiger partial charge is 0.379 e. The van der Waals surface area contributed by atoms with Crippen molar-refractivity contribution in [2.45, 2.75) is 20.0 Å². The molecule has 1 N–H and O–H groups in total. The van der Waals surface area contributed by atoms with Crippen molar-refractivity contribution in [2.24, 2.45) is 0 Å². The Morgan fingerprint density at radius 2 is 2.10 bits per heavy atom. The van der Waals surface area contributed by atoms with E-state index in [4.69, 9.17) is 0 Å². The maximum absolute atomic E-state index is 4.44. The lowest BCUT2D eigenvalue weighted by atomic mass is 10.2. The van der Waals surface area contributed by atoms with E-state index in [1.807, 2.05) is 23.9 Å². The van der Waals surface area contributed by atoms with E-state index >= 15 is 0 Å². The number of hydrogen-bond donors (Lipinski definition) is 1. The lowest BCUT2D eigenvalue weighted by Gasteiger charge is -2.06. The average Bonchev–Trinajstić information content (AvgIpc) is 3.10. The Hall–Kier alpha value is -2.14. The van der Waals surface area contributed by atoms with Gasteiger partial charge < -0.3 is 5.32 Å². The Labute approximate surface area is 122 Å². The predicted octanol–water partition coefficient (Wildman–Crippen LogP) is 3.31. The van der Waals surface area contributed by atoms with Gasteiger partial charge in [-0.25, -0.2) is 4.98 Å². The van der Waals surface area contributed by atoms with Gasteiger partial charge in [0.25, 0.3) is 0 Å². The number of aryl methyl sites for hydroxylation is 1. The molecule has 0 bridgehead atoms. The second-order valence-corrected chi connectivity index (χ2v) is 5.58. The quantitative estimate of drug-likeness (QED) is 0.781. The Bertz CT molecular complexity index is 656. The monoisotopic (exact) mass is 284 g/mol. The van der Waals surface area contributed by atoms with Gasteiger partial charge in [-0.05, 0) is 30.7 Å². The summed E-state index contributed by atoms with van der Waals surface area (Å²) in [7, 11) is 0. The minimum atomic E-state index is 0.775. The molecule has 5 heteroatoms. The Balaban J connectivity index is 1.58. The summed E-state index contributed by atoms with van der Waals surface area (Å²) in [4.78, 5) is 4.44. The number of rotatable bonds is 5. The molecular formula is C15H16N4S. The fourth-order valence-corrected chi connectivity index (χ4v) is 2.68. The first-order valence-corrected chi connectivity index (χ1v) is 7.39. The van der Waals surface area contributed by atoms with E-state index in [0.29, 0.717) is 0 Å². The van der Waals surface area contributed by atoms with Crippen molar-refractivity contribution in [3.63, 3.8) is 0 Å². The van der Waals surface area contributed by atoms with E-state index in [1.165, 1.54) is 5.56 Å². The zero-order chi connectivity index (χ0) is 13.8. The molecule has 3 aromatic rings. The van der Waals surface area contributed by atoms with Crippen molar-refractivity contribution >= 4 is 17.0 Å². The third kappa shape index (κ3) is 3.24. The van der Waals surface area contributed by atoms with Crippen LogP contribution in [-0.4, -0.2) is 14.8 Å². The van der Waals surface area contributed by atoms with Crippen LogP contribution in [0.5, 0.6) is 0 Å². The normalized spacial score (nSPS) is 10.7. The highest BCUT2D eigenvalue weighted by Crippen LogP contribution is 2.14. The van der Waals surface area contributed by atoms with Crippen LogP contribution in [0.3, 0.4) is 0 Å². The van der Waals surface area contributed by atoms with E-state index in [-0.39, 0.29) is 0 Å². The molecule has 2 heterocycles. The number of hydrogen-bond acceptors (Lipinski definition) is 4. The number of nitrogens with one attached hydrogen (secondary N) is 1. The van der Waals surface area contributed by atoms with Crippen molar-refractivity contribution in [2.75, 3.05) is 5.32 Å². The highest BCUT2D eigenvalue weighted by atomic mass is 32.1. The van der Waals surface area contributed by atoms with E-state index in [2.05, 4.69) is 45.0 Å². The molecule has 0 saturated carbocycles. The van der Waals surface area contributed by atoms with Crippen molar-refractivity contribution in [3.8, 4) is 0 Å². The van der Waals surface area contributed by atoms with Crippen molar-refractivity contribution < 1.29 is 0 Å². The molecule has 102 valence electrons. The molecule has 1 aromatic carbocycles. The van der Waals surface area contributed by atoms with Crippen LogP contribution < -0.4 is 5.32 Å². The molecule has 0 unspecified atom stereocenters. The first-order chi connectivity index (χ1) is 9.79. The van der Waals surface area contributed by atoms with Gasteiger partial charge in [0, 0.05) is 29.2 Å². The lowest BCUT2D eigenvalue weighted by Crippen LogP contribution is -2.01. The minimum Gasteiger partial charge on any atom is -0.379 e. The molecule has 4 nitrogen and oxygen atoms in total. The van der Waals surface area contributed by atoms with Gasteiger partial charge >= 0.3 is 0 Å². The molecule has 0 spiro atoms. The summed E-state index contributed by atoms with van der Waals surface area (Å²) in [6.07, 6.45) is 3.77. The van der Waals surface area contributed by atoms with Crippen molar-refractivity contribution in [3.05, 3.63) is 64.4 Å². The Morgan fingerprint density at radius 3 is 2.75 bits per heavy atom. The maximum atomic E-state index is 4.44. The van der Waals surface area contributed by atoms with Crippen LogP contribution in [0.15, 0.2) is 48.1 Å². The smallest absolute Gasteiger partial charge is 0.112 e. The van der Waals surface area contributed by atoms with Gasteiger partial charge in [0.1, 0.15) is 5.01 Å². The van der Waals surface area contributed by atoms with Gasteiger partial charge in [0.15, 0.2) is 0 Å². The standard InChI is InChI=1S/C15H16N4S/c1-12-11-20-15(18-12)9-16-14-5-3-13(4-6-14)10-19-8-2-7-17-19/h2-8,11,16H,9-10H2,1H3. The molecule has 0 fully saturated rings. The van der Waals surface area contributed by atoms with Crippen LogP contribution in [0.4, 0.5) is 5.69 Å². The van der Waals surface area contributed by atoms with Crippen LogP contribution in [0, 0.1) is 6.92 Å². The first kappa shape index (κ1) is 12.9. The summed E-state index contributed by atoms with van der Waals surface area (Å²) in [6.45, 7) is 3.60. The molecule has 0 radical (unpaired) electrons. The van der Waals surface area contributed by atoms with Crippen molar-refractivity contribution in [1.82, 2.24) is 14.8 Å². The van der Waals surface area contributed by atoms with Crippen molar-refractivity contribution in [1.29, 1.82) is 0 Å². The lowest BCUT2D eigenvalue weighted by molar-refractivity contribution is 0.687. The fraction of sp³-hybridized carbons (Fsp3) is 0.200. The maximum Gasteiger partial charge on any atom is 0.112 e. The van der Waals surface area contributed by atoms with E-state index in [0.717, 1.165) is 29.5 Å². The molecule has 20 heavy (non-hydrogen) atoms. The molecule has 0 aliphatic rings.